The fourth-order valence-electron chi connectivity index (χ4n) is 2.87. The zero-order valence-electron chi connectivity index (χ0n) is 12.5. The fourth-order valence-corrected chi connectivity index (χ4v) is 2.87. The summed E-state index contributed by atoms with van der Waals surface area (Å²) in [6.45, 7) is 9.75. The first kappa shape index (κ1) is 14.5. The van der Waals surface area contributed by atoms with E-state index in [1.54, 1.807) is 7.11 Å². The maximum atomic E-state index is 5.63. The van der Waals surface area contributed by atoms with Crippen molar-refractivity contribution in [1.29, 1.82) is 0 Å². The normalized spacial score (nSPS) is 22.9. The summed E-state index contributed by atoms with van der Waals surface area (Å²) in [5, 5.41) is 3.53. The van der Waals surface area contributed by atoms with E-state index in [1.165, 1.54) is 22.3 Å². The quantitative estimate of drug-likeness (QED) is 0.885. The van der Waals surface area contributed by atoms with Crippen LogP contribution in [0.15, 0.2) is 12.1 Å². The number of hydrogen-bond donors (Lipinski definition) is 1. The molecule has 0 aromatic heterocycles. The Hall–Kier alpha value is -0.900. The van der Waals surface area contributed by atoms with Crippen LogP contribution in [-0.4, -0.2) is 32.5 Å². The van der Waals surface area contributed by atoms with E-state index in [0.717, 1.165) is 26.1 Å². The minimum atomic E-state index is -0.132. The zero-order valence-corrected chi connectivity index (χ0v) is 12.5. The molecule has 19 heavy (non-hydrogen) atoms. The van der Waals surface area contributed by atoms with E-state index < -0.39 is 0 Å². The van der Waals surface area contributed by atoms with Gasteiger partial charge in [-0.25, -0.2) is 0 Å². The molecule has 1 aliphatic heterocycles. The molecule has 1 unspecified atom stereocenters. The predicted molar refractivity (Wildman–Crippen MR) is 77.5 cm³/mol. The summed E-state index contributed by atoms with van der Waals surface area (Å²) in [6.07, 6.45) is 0.975. The van der Waals surface area contributed by atoms with Crippen molar-refractivity contribution < 1.29 is 9.47 Å². The highest BCUT2D eigenvalue weighted by molar-refractivity contribution is 5.37. The van der Waals surface area contributed by atoms with Crippen molar-refractivity contribution in [2.24, 2.45) is 0 Å². The molecule has 0 radical (unpaired) electrons. The highest BCUT2D eigenvalue weighted by Gasteiger charge is 2.34. The fraction of sp³-hybridized carbons (Fsp3) is 0.625. The lowest BCUT2D eigenvalue weighted by Crippen LogP contribution is -2.42. The average molecular weight is 263 g/mol. The van der Waals surface area contributed by atoms with Gasteiger partial charge in [-0.15, -0.1) is 0 Å². The standard InChI is InChI=1S/C16H25NO2/c1-12-7-13(2)15(14(3)8-12)9-17-10-16(18-4)5-6-19-11-16/h7-8,17H,5-6,9-11H2,1-4H3. The van der Waals surface area contributed by atoms with Gasteiger partial charge < -0.3 is 14.8 Å². The summed E-state index contributed by atoms with van der Waals surface area (Å²) in [4.78, 5) is 0. The predicted octanol–water partition coefficient (Wildman–Crippen LogP) is 2.51. The molecule has 0 amide bonds. The summed E-state index contributed by atoms with van der Waals surface area (Å²) in [6, 6.07) is 4.49. The van der Waals surface area contributed by atoms with Crippen molar-refractivity contribution in [3.63, 3.8) is 0 Å². The number of hydrogen-bond acceptors (Lipinski definition) is 3. The minimum Gasteiger partial charge on any atom is -0.378 e. The van der Waals surface area contributed by atoms with Crippen LogP contribution < -0.4 is 5.32 Å². The van der Waals surface area contributed by atoms with Crippen molar-refractivity contribution in [2.45, 2.75) is 39.3 Å². The van der Waals surface area contributed by atoms with Crippen molar-refractivity contribution in [2.75, 3.05) is 26.9 Å². The van der Waals surface area contributed by atoms with Gasteiger partial charge in [0.25, 0.3) is 0 Å². The Morgan fingerprint density at radius 1 is 1.26 bits per heavy atom. The number of aryl methyl sites for hydroxylation is 3. The Bertz CT molecular complexity index is 413. The third kappa shape index (κ3) is 3.35. The van der Waals surface area contributed by atoms with Crippen LogP contribution in [-0.2, 0) is 16.0 Å². The molecule has 1 fully saturated rings. The Morgan fingerprint density at radius 2 is 1.95 bits per heavy atom. The minimum absolute atomic E-state index is 0.132. The van der Waals surface area contributed by atoms with Crippen LogP contribution in [0.2, 0.25) is 0 Å². The molecule has 3 heteroatoms. The van der Waals surface area contributed by atoms with Crippen molar-refractivity contribution in [3.8, 4) is 0 Å². The van der Waals surface area contributed by atoms with E-state index in [9.17, 15) is 0 Å². The number of ether oxygens (including phenoxy) is 2. The van der Waals surface area contributed by atoms with E-state index in [1.807, 2.05) is 0 Å². The van der Waals surface area contributed by atoms with E-state index >= 15 is 0 Å². The monoisotopic (exact) mass is 263 g/mol. The Balaban J connectivity index is 1.96. The lowest BCUT2D eigenvalue weighted by Gasteiger charge is -2.26. The maximum absolute atomic E-state index is 5.63. The van der Waals surface area contributed by atoms with E-state index in [4.69, 9.17) is 9.47 Å². The zero-order chi connectivity index (χ0) is 13.9. The Labute approximate surface area is 116 Å². The molecular weight excluding hydrogens is 238 g/mol. The highest BCUT2D eigenvalue weighted by Crippen LogP contribution is 2.22. The molecule has 1 atom stereocenters. The average Bonchev–Trinajstić information content (AvgIpc) is 2.82. The van der Waals surface area contributed by atoms with Gasteiger partial charge in [-0.1, -0.05) is 17.7 Å². The topological polar surface area (TPSA) is 30.5 Å². The van der Waals surface area contributed by atoms with Crippen LogP contribution in [0, 0.1) is 20.8 Å². The van der Waals surface area contributed by atoms with Crippen molar-refractivity contribution in [3.05, 3.63) is 34.4 Å². The first-order valence-corrected chi connectivity index (χ1v) is 6.97. The second-order valence-electron chi connectivity index (χ2n) is 5.67. The lowest BCUT2D eigenvalue weighted by atomic mass is 9.99. The first-order valence-electron chi connectivity index (χ1n) is 6.97. The summed E-state index contributed by atoms with van der Waals surface area (Å²) in [5.74, 6) is 0. The van der Waals surface area contributed by atoms with E-state index in [2.05, 4.69) is 38.2 Å². The number of benzene rings is 1. The molecule has 0 bridgehead atoms. The largest absolute Gasteiger partial charge is 0.378 e. The SMILES string of the molecule is COC1(CNCc2c(C)cc(C)cc2C)CCOC1. The molecule has 1 N–H and O–H groups in total. The molecule has 1 aromatic carbocycles. The molecular formula is C16H25NO2. The summed E-state index contributed by atoms with van der Waals surface area (Å²) >= 11 is 0. The molecule has 2 rings (SSSR count). The van der Waals surface area contributed by atoms with Crippen LogP contribution in [0.5, 0.6) is 0 Å². The second kappa shape index (κ2) is 6.04. The van der Waals surface area contributed by atoms with Gasteiger partial charge in [0, 0.05) is 33.2 Å². The van der Waals surface area contributed by atoms with Crippen molar-refractivity contribution in [1.82, 2.24) is 5.32 Å². The summed E-state index contributed by atoms with van der Waals surface area (Å²) in [5.41, 5.74) is 5.32. The van der Waals surface area contributed by atoms with Crippen LogP contribution in [0.1, 0.15) is 28.7 Å². The summed E-state index contributed by atoms with van der Waals surface area (Å²) in [7, 11) is 1.78. The first-order chi connectivity index (χ1) is 9.06. The van der Waals surface area contributed by atoms with Gasteiger partial charge >= 0.3 is 0 Å². The molecule has 1 saturated heterocycles. The third-order valence-corrected chi connectivity index (χ3v) is 4.09. The van der Waals surface area contributed by atoms with Crippen LogP contribution in [0.4, 0.5) is 0 Å². The maximum Gasteiger partial charge on any atom is 0.106 e. The van der Waals surface area contributed by atoms with Gasteiger partial charge in [0.2, 0.25) is 0 Å². The van der Waals surface area contributed by atoms with Gasteiger partial charge in [0.1, 0.15) is 5.60 Å². The van der Waals surface area contributed by atoms with Gasteiger partial charge in [0.05, 0.1) is 6.61 Å². The van der Waals surface area contributed by atoms with Gasteiger partial charge in [-0.3, -0.25) is 0 Å². The molecule has 1 heterocycles. The third-order valence-electron chi connectivity index (χ3n) is 4.09. The second-order valence-corrected chi connectivity index (χ2v) is 5.67. The molecule has 0 saturated carbocycles. The summed E-state index contributed by atoms with van der Waals surface area (Å²) < 4.78 is 11.1. The molecule has 0 spiro atoms. The van der Waals surface area contributed by atoms with Gasteiger partial charge in [0.15, 0.2) is 0 Å². The molecule has 106 valence electrons. The van der Waals surface area contributed by atoms with Crippen LogP contribution in [0.25, 0.3) is 0 Å². The van der Waals surface area contributed by atoms with Crippen molar-refractivity contribution >= 4 is 0 Å². The van der Waals surface area contributed by atoms with E-state index in [-0.39, 0.29) is 5.60 Å². The van der Waals surface area contributed by atoms with Crippen LogP contribution in [0.3, 0.4) is 0 Å². The Morgan fingerprint density at radius 3 is 2.47 bits per heavy atom. The molecule has 1 aromatic rings. The van der Waals surface area contributed by atoms with Gasteiger partial charge in [-0.05, 0) is 37.5 Å². The molecule has 0 aliphatic carbocycles. The highest BCUT2D eigenvalue weighted by atomic mass is 16.5. The van der Waals surface area contributed by atoms with E-state index in [0.29, 0.717) is 6.61 Å². The van der Waals surface area contributed by atoms with Gasteiger partial charge in [-0.2, -0.15) is 0 Å². The number of rotatable bonds is 5. The van der Waals surface area contributed by atoms with Crippen LogP contribution >= 0.6 is 0 Å². The Kier molecular flexibility index (Phi) is 4.61. The lowest BCUT2D eigenvalue weighted by molar-refractivity contribution is -0.0159. The molecule has 1 aliphatic rings. The number of nitrogens with one attached hydrogen (secondary N) is 1. The smallest absolute Gasteiger partial charge is 0.106 e. The number of methoxy groups -OCH3 is 1. The molecule has 3 nitrogen and oxygen atoms in total.